The second-order valence-corrected chi connectivity index (χ2v) is 3.59. The van der Waals surface area contributed by atoms with Crippen molar-refractivity contribution in [2.45, 2.75) is 0 Å². The molecule has 1 aromatic heterocycles. The fourth-order valence-electron chi connectivity index (χ4n) is 1.28. The molecule has 0 amide bonds. The highest BCUT2D eigenvalue weighted by Crippen LogP contribution is 2.17. The van der Waals surface area contributed by atoms with E-state index in [9.17, 15) is 4.79 Å². The number of nitriles is 1. The lowest BCUT2D eigenvalue weighted by Crippen LogP contribution is -2.05. The van der Waals surface area contributed by atoms with E-state index in [2.05, 4.69) is 10.3 Å². The number of carbonyl (C=O) groups excluding carboxylic acids is 1. The van der Waals surface area contributed by atoms with Crippen LogP contribution in [0.2, 0.25) is 5.02 Å². The number of nitrogen functional groups attached to an aromatic ring is 1. The molecule has 1 heterocycles. The van der Waals surface area contributed by atoms with Crippen molar-refractivity contribution < 1.29 is 4.79 Å². The van der Waals surface area contributed by atoms with E-state index in [-0.39, 0.29) is 11.5 Å². The highest BCUT2D eigenvalue weighted by atomic mass is 35.5. The van der Waals surface area contributed by atoms with Gasteiger partial charge in [0.2, 0.25) is 0 Å². The van der Waals surface area contributed by atoms with Gasteiger partial charge in [0.15, 0.2) is 11.5 Å². The van der Waals surface area contributed by atoms with E-state index in [1.54, 1.807) is 24.3 Å². The molecule has 7 heteroatoms. The van der Waals surface area contributed by atoms with Gasteiger partial charge in [-0.3, -0.25) is 4.79 Å². The second kappa shape index (κ2) is 4.23. The minimum absolute atomic E-state index is 0.0267. The molecule has 0 aliphatic heterocycles. The van der Waals surface area contributed by atoms with Gasteiger partial charge in [-0.1, -0.05) is 16.8 Å². The maximum absolute atomic E-state index is 11.2. The van der Waals surface area contributed by atoms with Gasteiger partial charge in [-0.05, 0) is 24.3 Å². The predicted octanol–water partition coefficient (Wildman–Crippen LogP) is 1.21. The Balaban J connectivity index is 2.48. The lowest BCUT2D eigenvalue weighted by molar-refractivity contribution is 0.105. The number of nitrogens with two attached hydrogens (primary N) is 1. The SMILES string of the molecule is N#CC(=O)c1nnn(-c2ccc(Cl)cc2)c1N. The Kier molecular flexibility index (Phi) is 2.77. The number of rotatable bonds is 2. The lowest BCUT2D eigenvalue weighted by Gasteiger charge is -2.02. The number of nitrogens with zero attached hydrogens (tertiary/aromatic N) is 4. The van der Waals surface area contributed by atoms with Crippen LogP contribution in [0, 0.1) is 11.3 Å². The van der Waals surface area contributed by atoms with Gasteiger partial charge < -0.3 is 5.73 Å². The molecule has 0 saturated heterocycles. The average molecular weight is 248 g/mol. The number of hydrogen-bond donors (Lipinski definition) is 1. The van der Waals surface area contributed by atoms with Crippen LogP contribution in [0.3, 0.4) is 0 Å². The maximum atomic E-state index is 11.2. The molecule has 0 fully saturated rings. The summed E-state index contributed by atoms with van der Waals surface area (Å²) in [5.74, 6) is -0.790. The molecule has 2 aromatic rings. The zero-order chi connectivity index (χ0) is 12.4. The highest BCUT2D eigenvalue weighted by molar-refractivity contribution is 6.30. The van der Waals surface area contributed by atoms with E-state index in [4.69, 9.17) is 22.6 Å². The highest BCUT2D eigenvalue weighted by Gasteiger charge is 2.17. The van der Waals surface area contributed by atoms with Crippen molar-refractivity contribution in [2.24, 2.45) is 0 Å². The summed E-state index contributed by atoms with van der Waals surface area (Å²) in [5.41, 5.74) is 6.14. The maximum Gasteiger partial charge on any atom is 0.286 e. The van der Waals surface area contributed by atoms with E-state index in [0.29, 0.717) is 10.7 Å². The van der Waals surface area contributed by atoms with E-state index in [1.165, 1.54) is 10.8 Å². The molecule has 0 aliphatic rings. The van der Waals surface area contributed by atoms with Crippen molar-refractivity contribution in [3.63, 3.8) is 0 Å². The lowest BCUT2D eigenvalue weighted by atomic mass is 10.3. The predicted molar refractivity (Wildman–Crippen MR) is 60.7 cm³/mol. The fourth-order valence-corrected chi connectivity index (χ4v) is 1.40. The van der Waals surface area contributed by atoms with E-state index < -0.39 is 5.78 Å². The standard InChI is InChI=1S/C10H6ClN5O/c11-6-1-3-7(4-2-6)16-10(13)9(14-15-16)8(17)5-12/h1-4H,13H2. The van der Waals surface area contributed by atoms with Crippen LogP contribution in [0.4, 0.5) is 5.82 Å². The van der Waals surface area contributed by atoms with E-state index in [1.807, 2.05) is 0 Å². The van der Waals surface area contributed by atoms with Gasteiger partial charge in [0, 0.05) is 5.02 Å². The van der Waals surface area contributed by atoms with Crippen LogP contribution in [-0.4, -0.2) is 20.8 Å². The molecule has 0 saturated carbocycles. The molecule has 6 nitrogen and oxygen atoms in total. The number of anilines is 1. The molecule has 2 rings (SSSR count). The molecule has 0 radical (unpaired) electrons. The fraction of sp³-hybridized carbons (Fsp3) is 0. The first-order valence-electron chi connectivity index (χ1n) is 4.55. The summed E-state index contributed by atoms with van der Waals surface area (Å²) in [6.45, 7) is 0. The summed E-state index contributed by atoms with van der Waals surface area (Å²) >= 11 is 5.74. The van der Waals surface area contributed by atoms with Gasteiger partial charge in [0.05, 0.1) is 5.69 Å². The van der Waals surface area contributed by atoms with Gasteiger partial charge >= 0.3 is 0 Å². The Bertz CT molecular complexity index is 611. The third-order valence-electron chi connectivity index (χ3n) is 2.09. The molecule has 2 N–H and O–H groups in total. The molecular formula is C10H6ClN5O. The summed E-state index contributed by atoms with van der Waals surface area (Å²) in [6, 6.07) is 8.10. The van der Waals surface area contributed by atoms with Gasteiger partial charge in [-0.25, -0.2) is 0 Å². The largest absolute Gasteiger partial charge is 0.382 e. The van der Waals surface area contributed by atoms with E-state index in [0.717, 1.165) is 0 Å². The molecule has 17 heavy (non-hydrogen) atoms. The van der Waals surface area contributed by atoms with Crippen molar-refractivity contribution >= 4 is 23.2 Å². The first kappa shape index (κ1) is 11.1. The van der Waals surface area contributed by atoms with Crippen LogP contribution in [0.15, 0.2) is 24.3 Å². The summed E-state index contributed by atoms with van der Waals surface area (Å²) in [6.07, 6.45) is 0. The molecule has 0 atom stereocenters. The van der Waals surface area contributed by atoms with Crippen LogP contribution < -0.4 is 5.73 Å². The van der Waals surface area contributed by atoms with Crippen LogP contribution in [0.25, 0.3) is 5.69 Å². The quantitative estimate of drug-likeness (QED) is 0.635. The average Bonchev–Trinajstić information content (AvgIpc) is 2.71. The molecule has 0 spiro atoms. The number of benzene rings is 1. The first-order chi connectivity index (χ1) is 8.13. The van der Waals surface area contributed by atoms with Gasteiger partial charge in [-0.15, -0.1) is 5.10 Å². The Morgan fingerprint density at radius 3 is 2.65 bits per heavy atom. The molecule has 0 bridgehead atoms. The number of halogens is 1. The van der Waals surface area contributed by atoms with Crippen molar-refractivity contribution in [2.75, 3.05) is 5.73 Å². The van der Waals surface area contributed by atoms with Crippen molar-refractivity contribution in [1.29, 1.82) is 5.26 Å². The molecule has 0 unspecified atom stereocenters. The topological polar surface area (TPSA) is 97.6 Å². The molecule has 0 aliphatic carbocycles. The zero-order valence-corrected chi connectivity index (χ0v) is 9.22. The summed E-state index contributed by atoms with van der Waals surface area (Å²) in [4.78, 5) is 11.2. The normalized spacial score (nSPS) is 9.88. The number of hydrogen-bond acceptors (Lipinski definition) is 5. The number of aromatic nitrogens is 3. The Labute approximate surface area is 101 Å². The third kappa shape index (κ3) is 1.96. The van der Waals surface area contributed by atoms with Gasteiger partial charge in [0.25, 0.3) is 5.78 Å². The molecular weight excluding hydrogens is 242 g/mol. The van der Waals surface area contributed by atoms with Crippen LogP contribution in [0.1, 0.15) is 10.5 Å². The summed E-state index contributed by atoms with van der Waals surface area (Å²) in [7, 11) is 0. The minimum Gasteiger partial charge on any atom is -0.382 e. The Morgan fingerprint density at radius 1 is 1.41 bits per heavy atom. The van der Waals surface area contributed by atoms with Crippen molar-refractivity contribution in [3.05, 3.63) is 35.0 Å². The van der Waals surface area contributed by atoms with E-state index >= 15 is 0 Å². The van der Waals surface area contributed by atoms with Gasteiger partial charge in [-0.2, -0.15) is 9.94 Å². The van der Waals surface area contributed by atoms with Crippen molar-refractivity contribution in [1.82, 2.24) is 15.0 Å². The van der Waals surface area contributed by atoms with Crippen LogP contribution in [-0.2, 0) is 0 Å². The molecule has 1 aromatic carbocycles. The Morgan fingerprint density at radius 2 is 2.06 bits per heavy atom. The summed E-state index contributed by atoms with van der Waals surface area (Å²) < 4.78 is 1.26. The van der Waals surface area contributed by atoms with Crippen molar-refractivity contribution in [3.8, 4) is 11.8 Å². The number of Topliss-reactive ketones (excluding diaryl/α,β-unsaturated/α-hetero) is 1. The molecule has 84 valence electrons. The second-order valence-electron chi connectivity index (χ2n) is 3.15. The summed E-state index contributed by atoms with van der Waals surface area (Å²) in [5, 5.41) is 16.3. The number of ketones is 1. The van der Waals surface area contributed by atoms with Crippen LogP contribution >= 0.6 is 11.6 Å². The van der Waals surface area contributed by atoms with Gasteiger partial charge in [0.1, 0.15) is 6.07 Å². The van der Waals surface area contributed by atoms with Crippen LogP contribution in [0.5, 0.6) is 0 Å². The Hall–Kier alpha value is -2.39. The monoisotopic (exact) mass is 247 g/mol. The third-order valence-corrected chi connectivity index (χ3v) is 2.34. The number of carbonyl (C=O) groups is 1. The first-order valence-corrected chi connectivity index (χ1v) is 4.93. The smallest absolute Gasteiger partial charge is 0.286 e. The zero-order valence-electron chi connectivity index (χ0n) is 8.46. The minimum atomic E-state index is -0.817.